The van der Waals surface area contributed by atoms with Gasteiger partial charge in [-0.25, -0.2) is 4.79 Å². The second kappa shape index (κ2) is 7.62. The van der Waals surface area contributed by atoms with Crippen LogP contribution in [0.5, 0.6) is 0 Å². The van der Waals surface area contributed by atoms with Crippen LogP contribution in [0.25, 0.3) is 0 Å². The summed E-state index contributed by atoms with van der Waals surface area (Å²) in [6.07, 6.45) is 6.22. The van der Waals surface area contributed by atoms with E-state index >= 15 is 0 Å². The summed E-state index contributed by atoms with van der Waals surface area (Å²) in [5.41, 5.74) is 0.968. The molecule has 2 bridgehead atoms. The number of carbonyl (C=O) groups is 4. The van der Waals surface area contributed by atoms with Crippen molar-refractivity contribution in [1.29, 1.82) is 0 Å². The number of likely N-dealkylation sites (tertiary alicyclic amines) is 1. The maximum Gasteiger partial charge on any atom is 0.338 e. The van der Waals surface area contributed by atoms with Crippen LogP contribution in [0.4, 0.5) is 5.69 Å². The van der Waals surface area contributed by atoms with Gasteiger partial charge in [0.2, 0.25) is 17.7 Å². The van der Waals surface area contributed by atoms with Gasteiger partial charge in [-0.15, -0.1) is 0 Å². The molecule has 5 aliphatic rings. The molecule has 0 spiro atoms. The summed E-state index contributed by atoms with van der Waals surface area (Å²) in [6.45, 7) is 2.39. The number of nitrogens with zero attached hydrogens (tertiary/aromatic N) is 1. The first-order valence-electron chi connectivity index (χ1n) is 11.1. The number of anilines is 1. The average Bonchev–Trinajstić information content (AvgIpc) is 3.56. The summed E-state index contributed by atoms with van der Waals surface area (Å²) in [4.78, 5) is 51.4. The number of amides is 3. The minimum Gasteiger partial charge on any atom is -0.462 e. The van der Waals surface area contributed by atoms with Gasteiger partial charge in [0.05, 0.1) is 24.0 Å². The lowest BCUT2D eigenvalue weighted by atomic mass is 9.63. The molecule has 0 radical (unpaired) electrons. The van der Waals surface area contributed by atoms with Crippen LogP contribution < -0.4 is 5.32 Å². The number of carbonyl (C=O) groups excluding carboxylic acids is 4. The van der Waals surface area contributed by atoms with Gasteiger partial charge in [0, 0.05) is 18.7 Å². The van der Waals surface area contributed by atoms with Crippen molar-refractivity contribution in [2.75, 3.05) is 18.5 Å². The number of ether oxygens (including phenoxy) is 1. The summed E-state index contributed by atoms with van der Waals surface area (Å²) in [5.74, 6) is 0.176. The molecule has 2 saturated carbocycles. The van der Waals surface area contributed by atoms with E-state index in [0.717, 1.165) is 12.8 Å². The van der Waals surface area contributed by atoms with Crippen LogP contribution in [0.1, 0.15) is 36.5 Å². The van der Waals surface area contributed by atoms with E-state index in [2.05, 4.69) is 17.5 Å². The van der Waals surface area contributed by atoms with Gasteiger partial charge in [0.1, 0.15) is 0 Å². The smallest absolute Gasteiger partial charge is 0.338 e. The van der Waals surface area contributed by atoms with E-state index in [0.29, 0.717) is 29.7 Å². The number of imide groups is 1. The summed E-state index contributed by atoms with van der Waals surface area (Å²) in [5, 5.41) is 2.76. The molecular weight excluding hydrogens is 396 g/mol. The monoisotopic (exact) mass is 422 g/mol. The zero-order chi connectivity index (χ0) is 21.7. The summed E-state index contributed by atoms with van der Waals surface area (Å²) >= 11 is 0. The second-order valence-corrected chi connectivity index (χ2v) is 8.99. The molecule has 6 atom stereocenters. The molecule has 31 heavy (non-hydrogen) atoms. The van der Waals surface area contributed by atoms with E-state index in [1.165, 1.54) is 4.90 Å². The Morgan fingerprint density at radius 2 is 1.65 bits per heavy atom. The van der Waals surface area contributed by atoms with Crippen LogP contribution in [-0.4, -0.2) is 41.7 Å². The first-order valence-corrected chi connectivity index (χ1v) is 11.1. The minimum atomic E-state index is -0.395. The molecule has 3 amide bonds. The predicted molar refractivity (Wildman–Crippen MR) is 112 cm³/mol. The summed E-state index contributed by atoms with van der Waals surface area (Å²) < 4.78 is 5.08. The molecule has 0 aromatic heterocycles. The zero-order valence-corrected chi connectivity index (χ0v) is 17.5. The number of esters is 1. The average molecular weight is 422 g/mol. The lowest BCUT2D eigenvalue weighted by molar-refractivity contribution is -0.140. The maximum absolute atomic E-state index is 12.9. The molecule has 4 aliphatic carbocycles. The van der Waals surface area contributed by atoms with Gasteiger partial charge in [-0.3, -0.25) is 19.3 Å². The lowest BCUT2D eigenvalue weighted by Crippen LogP contribution is -2.40. The van der Waals surface area contributed by atoms with Crippen LogP contribution in [-0.2, 0) is 19.1 Å². The van der Waals surface area contributed by atoms with E-state index in [1.807, 2.05) is 6.92 Å². The highest BCUT2D eigenvalue weighted by atomic mass is 16.5. The van der Waals surface area contributed by atoms with Gasteiger partial charge >= 0.3 is 5.97 Å². The van der Waals surface area contributed by atoms with Crippen LogP contribution in [0, 0.1) is 35.5 Å². The molecule has 1 N–H and O–H groups in total. The molecule has 7 nitrogen and oxygen atoms in total. The largest absolute Gasteiger partial charge is 0.462 e. The van der Waals surface area contributed by atoms with Gasteiger partial charge in [-0.1, -0.05) is 19.1 Å². The number of hydrogen-bond acceptors (Lipinski definition) is 5. The van der Waals surface area contributed by atoms with E-state index in [1.54, 1.807) is 24.3 Å². The molecule has 6 rings (SSSR count). The third-order valence-corrected chi connectivity index (χ3v) is 7.16. The highest BCUT2D eigenvalue weighted by Gasteiger charge is 2.66. The minimum absolute atomic E-state index is 0.0484. The standard InChI is InChI=1S/C24H26N2O5/c1-2-11-31-24(30)13-3-5-14(6-4-13)25-19(27)9-10-26-22(28)20-15-7-8-16(18-12-17(15)18)21(20)23(26)29/h3-8,15-18,20-21H,2,9-12H2,1H3,(H,25,27)/t15-,16-,17-,18+,20+,21+/m0/s1. The Kier molecular flexibility index (Phi) is 4.91. The molecule has 1 aliphatic heterocycles. The Balaban J connectivity index is 1.16. The summed E-state index contributed by atoms with van der Waals surface area (Å²) in [6, 6.07) is 6.47. The van der Waals surface area contributed by atoms with Crippen LogP contribution in [0.15, 0.2) is 36.4 Å². The van der Waals surface area contributed by atoms with Crippen molar-refractivity contribution in [2.45, 2.75) is 26.2 Å². The van der Waals surface area contributed by atoms with Crippen LogP contribution in [0.3, 0.4) is 0 Å². The highest BCUT2D eigenvalue weighted by Crippen LogP contribution is 2.65. The van der Waals surface area contributed by atoms with Crippen molar-refractivity contribution in [1.82, 2.24) is 4.90 Å². The predicted octanol–water partition coefficient (Wildman–Crippen LogP) is 2.64. The second-order valence-electron chi connectivity index (χ2n) is 8.99. The summed E-state index contributed by atoms with van der Waals surface area (Å²) in [7, 11) is 0. The molecule has 1 aromatic carbocycles. The van der Waals surface area contributed by atoms with Gasteiger partial charge < -0.3 is 10.1 Å². The van der Waals surface area contributed by atoms with E-state index in [9.17, 15) is 19.2 Å². The fraction of sp³-hybridized carbons (Fsp3) is 0.500. The Morgan fingerprint density at radius 1 is 1.03 bits per heavy atom. The maximum atomic E-state index is 12.9. The molecule has 7 heteroatoms. The third kappa shape index (κ3) is 3.36. The Morgan fingerprint density at radius 3 is 2.23 bits per heavy atom. The first kappa shape index (κ1) is 20.0. The molecule has 1 aromatic rings. The van der Waals surface area contributed by atoms with E-state index in [-0.39, 0.29) is 54.4 Å². The topological polar surface area (TPSA) is 92.8 Å². The number of nitrogens with one attached hydrogen (secondary N) is 1. The van der Waals surface area contributed by atoms with E-state index < -0.39 is 5.97 Å². The fourth-order valence-corrected chi connectivity index (χ4v) is 5.64. The molecule has 1 heterocycles. The fourth-order valence-electron chi connectivity index (χ4n) is 5.64. The third-order valence-electron chi connectivity index (χ3n) is 7.16. The molecule has 3 fully saturated rings. The van der Waals surface area contributed by atoms with Gasteiger partial charge in [0.15, 0.2) is 0 Å². The molecule has 162 valence electrons. The SMILES string of the molecule is CCCOC(=O)c1ccc(NC(=O)CCN2C(=O)[C@@H]3[C@H]4C=C[C@@H]([C@@H]5C[C@H]45)[C@H]3C2=O)cc1. The van der Waals surface area contributed by atoms with Crippen molar-refractivity contribution in [2.24, 2.45) is 35.5 Å². The van der Waals surface area contributed by atoms with Crippen molar-refractivity contribution < 1.29 is 23.9 Å². The molecular formula is C24H26N2O5. The first-order chi connectivity index (χ1) is 15.0. The number of rotatable bonds is 7. The van der Waals surface area contributed by atoms with Crippen LogP contribution in [0.2, 0.25) is 0 Å². The Labute approximate surface area is 180 Å². The van der Waals surface area contributed by atoms with Gasteiger partial charge in [-0.2, -0.15) is 0 Å². The van der Waals surface area contributed by atoms with Crippen molar-refractivity contribution in [3.8, 4) is 0 Å². The molecule has 1 saturated heterocycles. The van der Waals surface area contributed by atoms with Crippen molar-refractivity contribution >= 4 is 29.4 Å². The highest BCUT2D eigenvalue weighted by molar-refractivity contribution is 6.06. The van der Waals surface area contributed by atoms with Gasteiger partial charge in [-0.05, 0) is 60.8 Å². The quantitative estimate of drug-likeness (QED) is 0.414. The zero-order valence-electron chi connectivity index (χ0n) is 17.5. The number of hydrogen-bond donors (Lipinski definition) is 1. The molecule has 0 unspecified atom stereocenters. The Bertz CT molecular complexity index is 933. The van der Waals surface area contributed by atoms with Crippen molar-refractivity contribution in [3.63, 3.8) is 0 Å². The lowest BCUT2D eigenvalue weighted by Gasteiger charge is -2.37. The number of allylic oxidation sites excluding steroid dienone is 2. The van der Waals surface area contributed by atoms with Crippen LogP contribution >= 0.6 is 0 Å². The number of benzene rings is 1. The normalized spacial score (nSPS) is 32.0. The Hall–Kier alpha value is -2.96. The van der Waals surface area contributed by atoms with E-state index in [4.69, 9.17) is 4.74 Å². The van der Waals surface area contributed by atoms with Crippen molar-refractivity contribution in [3.05, 3.63) is 42.0 Å². The van der Waals surface area contributed by atoms with Gasteiger partial charge in [0.25, 0.3) is 0 Å².